The first kappa shape index (κ1) is 26.3. The summed E-state index contributed by atoms with van der Waals surface area (Å²) in [5.74, 6) is -2.84. The molecule has 1 amide bonds. The van der Waals surface area contributed by atoms with Gasteiger partial charge in [0.25, 0.3) is 0 Å². The summed E-state index contributed by atoms with van der Waals surface area (Å²) in [5.41, 5.74) is 10.9. The molecule has 28 heavy (non-hydrogen) atoms. The highest BCUT2D eigenvalue weighted by molar-refractivity contribution is 7.45. The topological polar surface area (TPSA) is 229 Å². The summed E-state index contributed by atoms with van der Waals surface area (Å²) in [6.45, 7) is 5.39. The van der Waals surface area contributed by atoms with Crippen molar-refractivity contribution in [3.8, 4) is 0 Å². The molecule has 0 bridgehead atoms. The van der Waals surface area contributed by atoms with Gasteiger partial charge < -0.3 is 41.7 Å². The maximum atomic E-state index is 11.6. The smallest absolute Gasteiger partial charge is 0.466 e. The lowest BCUT2D eigenvalue weighted by Gasteiger charge is -2.35. The summed E-state index contributed by atoms with van der Waals surface area (Å²) >= 11 is 0. The van der Waals surface area contributed by atoms with Crippen LogP contribution in [0.4, 0.5) is 0 Å². The number of aliphatic hydroxyl groups excluding tert-OH is 1. The molecule has 5 atom stereocenters. The maximum Gasteiger partial charge on any atom is 0.466 e. The fraction of sp³-hybridized carbons (Fsp3) is 0.800. The second kappa shape index (κ2) is 11.3. The van der Waals surface area contributed by atoms with Crippen molar-refractivity contribution in [2.45, 2.75) is 58.2 Å². The van der Waals surface area contributed by atoms with Gasteiger partial charge in [-0.2, -0.15) is 0 Å². The third-order valence-electron chi connectivity index (χ3n) is 4.72. The minimum atomic E-state index is -4.64. The molecule has 1 aliphatic rings. The van der Waals surface area contributed by atoms with E-state index in [1.54, 1.807) is 0 Å². The van der Waals surface area contributed by atoms with E-state index in [0.717, 1.165) is 12.8 Å². The van der Waals surface area contributed by atoms with E-state index in [9.17, 15) is 19.8 Å². The second-order valence-corrected chi connectivity index (χ2v) is 7.71. The summed E-state index contributed by atoms with van der Waals surface area (Å²) in [5, 5.41) is 22.7. The minimum Gasteiger partial charge on any atom is -0.481 e. The molecule has 1 aliphatic carbocycles. The Morgan fingerprint density at radius 3 is 2.00 bits per heavy atom. The van der Waals surface area contributed by atoms with Crippen LogP contribution in [0, 0.1) is 17.8 Å². The van der Waals surface area contributed by atoms with Gasteiger partial charge in [-0.15, -0.1) is 0 Å². The summed E-state index contributed by atoms with van der Waals surface area (Å²) in [7, 11) is -4.64. The largest absolute Gasteiger partial charge is 0.481 e. The highest BCUT2D eigenvalue weighted by Crippen LogP contribution is 2.39. The number of nitrogens with zero attached hydrogens (tertiary/aromatic N) is 1. The number of hydrogen-bond donors (Lipinski definition) is 8. The molecule has 1 unspecified atom stereocenters. The number of amides is 1. The van der Waals surface area contributed by atoms with E-state index in [4.69, 9.17) is 30.7 Å². The number of rotatable bonds is 7. The van der Waals surface area contributed by atoms with Crippen LogP contribution in [0.15, 0.2) is 4.99 Å². The number of nitrogens with one attached hydrogen (secondary N) is 1. The Morgan fingerprint density at radius 1 is 1.21 bits per heavy atom. The summed E-state index contributed by atoms with van der Waals surface area (Å²) < 4.78 is 8.88. The van der Waals surface area contributed by atoms with Crippen molar-refractivity contribution in [2.75, 3.05) is 0 Å². The Morgan fingerprint density at radius 2 is 1.68 bits per heavy atom. The normalized spacial score (nSPS) is 25.4. The molecule has 0 spiro atoms. The summed E-state index contributed by atoms with van der Waals surface area (Å²) in [4.78, 5) is 48.7. The van der Waals surface area contributed by atoms with Crippen molar-refractivity contribution >= 4 is 25.7 Å². The van der Waals surface area contributed by atoms with Crippen LogP contribution < -0.4 is 16.8 Å². The number of carboxylic acid groups (broad SMARTS) is 1. The summed E-state index contributed by atoms with van der Waals surface area (Å²) in [6.07, 6.45) is 0.612. The second-order valence-electron chi connectivity index (χ2n) is 6.69. The molecule has 0 aliphatic heterocycles. The first-order valence-electron chi connectivity index (χ1n) is 8.77. The number of guanidine groups is 1. The number of nitrogens with two attached hydrogens (primary N) is 2. The van der Waals surface area contributed by atoms with E-state index in [1.807, 2.05) is 13.8 Å². The number of carbonyl (C=O) groups is 2. The Labute approximate surface area is 163 Å². The van der Waals surface area contributed by atoms with Gasteiger partial charge in [0.15, 0.2) is 5.96 Å². The van der Waals surface area contributed by atoms with E-state index in [1.165, 1.54) is 6.92 Å². The predicted molar refractivity (Wildman–Crippen MR) is 101 cm³/mol. The molecule has 0 radical (unpaired) electrons. The predicted octanol–water partition coefficient (Wildman–Crippen LogP) is -1.28. The molecule has 0 saturated heterocycles. The zero-order chi connectivity index (χ0) is 22.2. The SMILES string of the molecule is CCC(CC)C(NC(C)=O)[C@@H]1[C@H](O)[C@@H](C(=O)O)C[C@H]1N=C(N)N.O=P(O)(O)O. The zero-order valence-corrected chi connectivity index (χ0v) is 17.0. The molecule has 0 heterocycles. The van der Waals surface area contributed by atoms with Crippen LogP contribution in [0.1, 0.15) is 40.0 Å². The molecule has 13 heteroatoms. The van der Waals surface area contributed by atoms with Crippen LogP contribution in [-0.2, 0) is 14.2 Å². The van der Waals surface area contributed by atoms with Crippen molar-refractivity contribution in [2.24, 2.45) is 34.2 Å². The van der Waals surface area contributed by atoms with Crippen LogP contribution in [0.3, 0.4) is 0 Å². The molecule has 10 N–H and O–H groups in total. The van der Waals surface area contributed by atoms with Gasteiger partial charge in [0, 0.05) is 18.9 Å². The van der Waals surface area contributed by atoms with Crippen molar-refractivity contribution in [3.63, 3.8) is 0 Å². The molecule has 1 saturated carbocycles. The van der Waals surface area contributed by atoms with Gasteiger partial charge in [0.05, 0.1) is 18.1 Å². The highest BCUT2D eigenvalue weighted by atomic mass is 31.2. The van der Waals surface area contributed by atoms with Gasteiger partial charge in [-0.3, -0.25) is 9.59 Å². The molecule has 1 fully saturated rings. The van der Waals surface area contributed by atoms with Gasteiger partial charge >= 0.3 is 13.8 Å². The molecule has 0 aromatic rings. The van der Waals surface area contributed by atoms with Crippen LogP contribution >= 0.6 is 7.82 Å². The number of aliphatic hydroxyl groups is 1. The lowest BCUT2D eigenvalue weighted by atomic mass is 9.80. The fourth-order valence-electron chi connectivity index (χ4n) is 3.64. The van der Waals surface area contributed by atoms with Gasteiger partial charge in [0.1, 0.15) is 0 Å². The van der Waals surface area contributed by atoms with Gasteiger partial charge in [-0.1, -0.05) is 26.7 Å². The third-order valence-corrected chi connectivity index (χ3v) is 4.72. The molecule has 1 rings (SSSR count). The lowest BCUT2D eigenvalue weighted by Crippen LogP contribution is -2.51. The molecule has 12 nitrogen and oxygen atoms in total. The third kappa shape index (κ3) is 8.98. The fourth-order valence-corrected chi connectivity index (χ4v) is 3.64. The minimum absolute atomic E-state index is 0.0998. The van der Waals surface area contributed by atoms with Crippen LogP contribution in [0.5, 0.6) is 0 Å². The maximum absolute atomic E-state index is 11.6. The standard InChI is InChI=1S/C15H28N4O4.H3O4P/c1-4-8(5-2)12(18-7(3)20)11-10(19-15(16)17)6-9(13(11)21)14(22)23;1-5(2,3)4/h8-13,21H,4-6H2,1-3H3,(H,18,20)(H,22,23)(H4,16,17,19);(H3,1,2,3,4)/t9-,10+,11+,12?,13+;/m0./s1. The summed E-state index contributed by atoms with van der Waals surface area (Å²) in [6, 6.07) is -0.913. The molecular weight excluding hydrogens is 395 g/mol. The highest BCUT2D eigenvalue weighted by Gasteiger charge is 2.50. The van der Waals surface area contributed by atoms with Crippen LogP contribution in [-0.4, -0.2) is 60.9 Å². The quantitative estimate of drug-likeness (QED) is 0.136. The van der Waals surface area contributed by atoms with Gasteiger partial charge in [0.2, 0.25) is 5.91 Å². The van der Waals surface area contributed by atoms with E-state index in [2.05, 4.69) is 10.3 Å². The number of aliphatic carboxylic acids is 1. The van der Waals surface area contributed by atoms with E-state index in [0.29, 0.717) is 0 Å². The van der Waals surface area contributed by atoms with Crippen molar-refractivity contribution < 1.29 is 39.0 Å². The first-order valence-corrected chi connectivity index (χ1v) is 10.3. The van der Waals surface area contributed by atoms with E-state index in [-0.39, 0.29) is 30.2 Å². The number of aliphatic imine (C=N–C) groups is 1. The average Bonchev–Trinajstić information content (AvgIpc) is 2.81. The van der Waals surface area contributed by atoms with Crippen molar-refractivity contribution in [1.29, 1.82) is 0 Å². The zero-order valence-electron chi connectivity index (χ0n) is 16.1. The Hall–Kier alpha value is -1.72. The Balaban J connectivity index is 0.00000129. The molecule has 164 valence electrons. The Kier molecular flexibility index (Phi) is 10.6. The molecule has 0 aromatic heterocycles. The van der Waals surface area contributed by atoms with Crippen LogP contribution in [0.25, 0.3) is 0 Å². The van der Waals surface area contributed by atoms with Crippen molar-refractivity contribution in [1.82, 2.24) is 5.32 Å². The van der Waals surface area contributed by atoms with Gasteiger partial charge in [-0.05, 0) is 12.3 Å². The number of hydrogen-bond acceptors (Lipinski definition) is 5. The van der Waals surface area contributed by atoms with Gasteiger partial charge in [-0.25, -0.2) is 9.56 Å². The molecular formula is C15H31N4O8P. The van der Waals surface area contributed by atoms with E-state index >= 15 is 0 Å². The number of carbonyl (C=O) groups excluding carboxylic acids is 1. The number of phosphoric acid groups is 1. The van der Waals surface area contributed by atoms with Crippen LogP contribution in [0.2, 0.25) is 0 Å². The monoisotopic (exact) mass is 426 g/mol. The Bertz CT molecular complexity index is 595. The van der Waals surface area contributed by atoms with Crippen molar-refractivity contribution in [3.05, 3.63) is 0 Å². The average molecular weight is 426 g/mol. The lowest BCUT2D eigenvalue weighted by molar-refractivity contribution is -0.145. The first-order chi connectivity index (χ1) is 12.7. The van der Waals surface area contributed by atoms with E-state index < -0.39 is 37.8 Å². The number of carboxylic acids is 1. The molecule has 0 aromatic carbocycles.